The molecule has 0 radical (unpaired) electrons. The summed E-state index contributed by atoms with van der Waals surface area (Å²) in [4.78, 5) is 12.0. The van der Waals surface area contributed by atoms with Crippen molar-refractivity contribution in [2.75, 3.05) is 0 Å². The molecule has 2 aromatic rings. The zero-order chi connectivity index (χ0) is 14.1. The summed E-state index contributed by atoms with van der Waals surface area (Å²) in [6, 6.07) is 13.9. The monoisotopic (exact) mass is 282 g/mol. The summed E-state index contributed by atoms with van der Waals surface area (Å²) in [6.07, 6.45) is 3.23. The molecule has 0 aliphatic heterocycles. The fourth-order valence-corrected chi connectivity index (χ4v) is 3.10. The van der Waals surface area contributed by atoms with Crippen molar-refractivity contribution in [3.63, 3.8) is 0 Å². The molecule has 1 atom stereocenters. The molecule has 100 valence electrons. The maximum Gasteiger partial charge on any atom is 0.163 e. The van der Waals surface area contributed by atoms with Crippen LogP contribution in [0.15, 0.2) is 49.0 Å². The Morgan fingerprint density at radius 2 is 2.00 bits per heavy atom. The highest BCUT2D eigenvalue weighted by molar-refractivity contribution is 6.32. The minimum absolute atomic E-state index is 0.245. The maximum absolute atomic E-state index is 12.0. The summed E-state index contributed by atoms with van der Waals surface area (Å²) in [7, 11) is 0. The first-order chi connectivity index (χ1) is 9.70. The highest BCUT2D eigenvalue weighted by Crippen LogP contribution is 2.37. The SMILES string of the molecule is C=Cc1cc(C2CCC(=O)c3ccccc32)ccc1Cl. The van der Waals surface area contributed by atoms with Crippen LogP contribution < -0.4 is 0 Å². The Balaban J connectivity index is 2.10. The molecule has 2 heteroatoms. The lowest BCUT2D eigenvalue weighted by Crippen LogP contribution is -2.16. The smallest absolute Gasteiger partial charge is 0.163 e. The van der Waals surface area contributed by atoms with Crippen LogP contribution in [0.2, 0.25) is 5.02 Å². The van der Waals surface area contributed by atoms with Gasteiger partial charge in [0.25, 0.3) is 0 Å². The fraction of sp³-hybridized carbons (Fsp3) is 0.167. The molecule has 0 spiro atoms. The van der Waals surface area contributed by atoms with E-state index in [1.54, 1.807) is 6.08 Å². The van der Waals surface area contributed by atoms with E-state index in [4.69, 9.17) is 11.6 Å². The molecule has 1 aliphatic rings. The maximum atomic E-state index is 12.0. The average Bonchev–Trinajstić information content (AvgIpc) is 2.49. The third-order valence-electron chi connectivity index (χ3n) is 3.94. The van der Waals surface area contributed by atoms with Crippen molar-refractivity contribution >= 4 is 23.5 Å². The van der Waals surface area contributed by atoms with Crippen LogP contribution in [0.4, 0.5) is 0 Å². The van der Waals surface area contributed by atoms with Crippen molar-refractivity contribution in [3.05, 3.63) is 76.3 Å². The molecule has 3 rings (SSSR count). The van der Waals surface area contributed by atoms with E-state index in [1.165, 1.54) is 5.56 Å². The molecular weight excluding hydrogens is 268 g/mol. The van der Waals surface area contributed by atoms with Crippen molar-refractivity contribution < 1.29 is 4.79 Å². The predicted octanol–water partition coefficient (Wildman–Crippen LogP) is 5.09. The first kappa shape index (κ1) is 13.1. The number of rotatable bonds is 2. The van der Waals surface area contributed by atoms with Gasteiger partial charge in [-0.05, 0) is 35.2 Å². The second kappa shape index (κ2) is 5.26. The number of Topliss-reactive ketones (excluding diaryl/α,β-unsaturated/α-hetero) is 1. The van der Waals surface area contributed by atoms with E-state index in [0.29, 0.717) is 11.4 Å². The number of halogens is 1. The minimum Gasteiger partial charge on any atom is -0.294 e. The van der Waals surface area contributed by atoms with Gasteiger partial charge in [0.2, 0.25) is 0 Å². The molecule has 0 N–H and O–H groups in total. The van der Waals surface area contributed by atoms with Crippen LogP contribution in [0.1, 0.15) is 45.8 Å². The van der Waals surface area contributed by atoms with Crippen LogP contribution in [-0.2, 0) is 0 Å². The summed E-state index contributed by atoms with van der Waals surface area (Å²) >= 11 is 6.13. The van der Waals surface area contributed by atoms with Crippen LogP contribution in [-0.4, -0.2) is 5.78 Å². The third kappa shape index (κ3) is 2.19. The number of fused-ring (bicyclic) bond motifs is 1. The van der Waals surface area contributed by atoms with E-state index in [1.807, 2.05) is 30.3 Å². The van der Waals surface area contributed by atoms with E-state index in [-0.39, 0.29) is 11.7 Å². The Morgan fingerprint density at radius 3 is 2.80 bits per heavy atom. The predicted molar refractivity (Wildman–Crippen MR) is 83.4 cm³/mol. The van der Waals surface area contributed by atoms with Crippen molar-refractivity contribution in [2.24, 2.45) is 0 Å². The molecule has 0 bridgehead atoms. The zero-order valence-corrected chi connectivity index (χ0v) is 11.9. The Bertz CT molecular complexity index is 688. The summed E-state index contributed by atoms with van der Waals surface area (Å²) < 4.78 is 0. The van der Waals surface area contributed by atoms with Crippen molar-refractivity contribution in [1.82, 2.24) is 0 Å². The third-order valence-corrected chi connectivity index (χ3v) is 4.28. The molecule has 0 amide bonds. The summed E-state index contributed by atoms with van der Waals surface area (Å²) in [6.45, 7) is 3.80. The minimum atomic E-state index is 0.245. The van der Waals surface area contributed by atoms with Gasteiger partial charge in [0, 0.05) is 22.9 Å². The van der Waals surface area contributed by atoms with Gasteiger partial charge >= 0.3 is 0 Å². The largest absolute Gasteiger partial charge is 0.294 e. The van der Waals surface area contributed by atoms with Gasteiger partial charge in [-0.1, -0.05) is 54.6 Å². The van der Waals surface area contributed by atoms with Gasteiger partial charge in [-0.25, -0.2) is 0 Å². The molecule has 0 fully saturated rings. The molecule has 0 saturated heterocycles. The number of hydrogen-bond donors (Lipinski definition) is 0. The van der Waals surface area contributed by atoms with Gasteiger partial charge in [-0.3, -0.25) is 4.79 Å². The second-order valence-corrected chi connectivity index (χ2v) is 5.49. The Hall–Kier alpha value is -1.86. The molecule has 1 unspecified atom stereocenters. The lowest BCUT2D eigenvalue weighted by Gasteiger charge is -2.25. The molecule has 0 saturated carbocycles. The van der Waals surface area contributed by atoms with Gasteiger partial charge in [0.15, 0.2) is 5.78 Å². The van der Waals surface area contributed by atoms with Gasteiger partial charge in [0.05, 0.1) is 0 Å². The highest BCUT2D eigenvalue weighted by Gasteiger charge is 2.26. The molecule has 20 heavy (non-hydrogen) atoms. The van der Waals surface area contributed by atoms with Crippen LogP contribution in [0, 0.1) is 0 Å². The van der Waals surface area contributed by atoms with Crippen LogP contribution in [0.5, 0.6) is 0 Å². The normalized spacial score (nSPS) is 17.6. The summed E-state index contributed by atoms with van der Waals surface area (Å²) in [5.74, 6) is 0.509. The van der Waals surface area contributed by atoms with Crippen LogP contribution >= 0.6 is 11.6 Å². The molecular formula is C18H15ClO. The first-order valence-corrected chi connectivity index (χ1v) is 7.12. The van der Waals surface area contributed by atoms with Crippen LogP contribution in [0.25, 0.3) is 6.08 Å². The van der Waals surface area contributed by atoms with Gasteiger partial charge in [-0.15, -0.1) is 0 Å². The van der Waals surface area contributed by atoms with Gasteiger partial charge in [0.1, 0.15) is 0 Å². The fourth-order valence-electron chi connectivity index (χ4n) is 2.90. The molecule has 0 heterocycles. The Labute approximate surface area is 123 Å². The van der Waals surface area contributed by atoms with Crippen LogP contribution in [0.3, 0.4) is 0 Å². The lowest BCUT2D eigenvalue weighted by atomic mass is 9.78. The van der Waals surface area contributed by atoms with Crippen molar-refractivity contribution in [3.8, 4) is 0 Å². The second-order valence-electron chi connectivity index (χ2n) is 5.09. The van der Waals surface area contributed by atoms with E-state index < -0.39 is 0 Å². The van der Waals surface area contributed by atoms with Gasteiger partial charge < -0.3 is 0 Å². The lowest BCUT2D eigenvalue weighted by molar-refractivity contribution is 0.0969. The Morgan fingerprint density at radius 1 is 1.20 bits per heavy atom. The van der Waals surface area contributed by atoms with Crippen molar-refractivity contribution in [2.45, 2.75) is 18.8 Å². The Kier molecular flexibility index (Phi) is 3.45. The van der Waals surface area contributed by atoms with E-state index in [0.717, 1.165) is 23.1 Å². The van der Waals surface area contributed by atoms with E-state index >= 15 is 0 Å². The standard InChI is InChI=1S/C18H15ClO/c1-2-12-11-13(7-9-17(12)19)14-8-10-18(20)16-6-4-3-5-15(14)16/h2-7,9,11,14H,1,8,10H2. The average molecular weight is 283 g/mol. The molecule has 1 nitrogen and oxygen atoms in total. The van der Waals surface area contributed by atoms with E-state index in [2.05, 4.69) is 18.7 Å². The van der Waals surface area contributed by atoms with Crippen molar-refractivity contribution in [1.29, 1.82) is 0 Å². The first-order valence-electron chi connectivity index (χ1n) is 6.74. The van der Waals surface area contributed by atoms with Gasteiger partial charge in [-0.2, -0.15) is 0 Å². The number of carbonyl (C=O) groups excluding carboxylic acids is 1. The molecule has 2 aromatic carbocycles. The number of hydrogen-bond acceptors (Lipinski definition) is 1. The molecule has 1 aliphatic carbocycles. The van der Waals surface area contributed by atoms with E-state index in [9.17, 15) is 4.79 Å². The summed E-state index contributed by atoms with van der Waals surface area (Å²) in [5, 5.41) is 0.712. The number of benzene rings is 2. The number of ketones is 1. The topological polar surface area (TPSA) is 17.1 Å². The summed E-state index contributed by atoms with van der Waals surface area (Å²) in [5.41, 5.74) is 4.13. The zero-order valence-electron chi connectivity index (χ0n) is 11.1. The quantitative estimate of drug-likeness (QED) is 0.750. The highest BCUT2D eigenvalue weighted by atomic mass is 35.5. The number of carbonyl (C=O) groups is 1. The molecule has 0 aromatic heterocycles.